The molecule has 2 rings (SSSR count). The van der Waals surface area contributed by atoms with Gasteiger partial charge in [0.2, 0.25) is 5.91 Å². The molecule has 0 bridgehead atoms. The fourth-order valence-electron chi connectivity index (χ4n) is 2.73. The average molecular weight is 225 g/mol. The molecule has 0 aromatic carbocycles. The summed E-state index contributed by atoms with van der Waals surface area (Å²) in [5.74, 6) is 0.320. The Morgan fingerprint density at radius 1 is 1.31 bits per heavy atom. The first-order chi connectivity index (χ1) is 7.68. The molecule has 4 heteroatoms. The van der Waals surface area contributed by atoms with E-state index in [4.69, 9.17) is 0 Å². The van der Waals surface area contributed by atoms with Gasteiger partial charge in [0.1, 0.15) is 0 Å². The third-order valence-corrected chi connectivity index (χ3v) is 3.72. The van der Waals surface area contributed by atoms with Crippen LogP contribution in [-0.4, -0.2) is 61.0 Å². The lowest BCUT2D eigenvalue weighted by Gasteiger charge is -2.40. The van der Waals surface area contributed by atoms with E-state index in [0.717, 1.165) is 32.6 Å². The van der Waals surface area contributed by atoms with Crippen molar-refractivity contribution in [1.82, 2.24) is 15.1 Å². The lowest BCUT2D eigenvalue weighted by molar-refractivity contribution is -0.138. The van der Waals surface area contributed by atoms with Crippen molar-refractivity contribution in [2.45, 2.75) is 38.3 Å². The highest BCUT2D eigenvalue weighted by molar-refractivity contribution is 5.82. The fraction of sp³-hybridized carbons (Fsp3) is 0.917. The quantitative estimate of drug-likeness (QED) is 0.697. The molecule has 0 spiro atoms. The molecule has 2 heterocycles. The minimum Gasteiger partial charge on any atom is -0.336 e. The van der Waals surface area contributed by atoms with E-state index in [1.165, 1.54) is 12.8 Å². The summed E-state index contributed by atoms with van der Waals surface area (Å²) < 4.78 is 0. The van der Waals surface area contributed by atoms with Gasteiger partial charge in [0.15, 0.2) is 0 Å². The summed E-state index contributed by atoms with van der Waals surface area (Å²) in [7, 11) is 2.12. The SMILES string of the molecule is CC1CN(C)CCN1C(=O)C1CCCCN1. The molecule has 0 aliphatic carbocycles. The third kappa shape index (κ3) is 2.55. The highest BCUT2D eigenvalue weighted by Gasteiger charge is 2.31. The van der Waals surface area contributed by atoms with Gasteiger partial charge in [-0.25, -0.2) is 0 Å². The summed E-state index contributed by atoms with van der Waals surface area (Å²) in [4.78, 5) is 16.7. The molecule has 2 saturated heterocycles. The van der Waals surface area contributed by atoms with E-state index < -0.39 is 0 Å². The molecule has 92 valence electrons. The summed E-state index contributed by atoms with van der Waals surface area (Å²) in [5, 5.41) is 3.34. The van der Waals surface area contributed by atoms with Crippen molar-refractivity contribution < 1.29 is 4.79 Å². The summed E-state index contributed by atoms with van der Waals surface area (Å²) >= 11 is 0. The van der Waals surface area contributed by atoms with E-state index in [0.29, 0.717) is 11.9 Å². The monoisotopic (exact) mass is 225 g/mol. The average Bonchev–Trinajstić information content (AvgIpc) is 2.29. The third-order valence-electron chi connectivity index (χ3n) is 3.72. The molecule has 2 fully saturated rings. The number of likely N-dealkylation sites (N-methyl/N-ethyl adjacent to an activating group) is 1. The maximum Gasteiger partial charge on any atom is 0.240 e. The van der Waals surface area contributed by atoms with E-state index in [2.05, 4.69) is 29.1 Å². The van der Waals surface area contributed by atoms with Gasteiger partial charge in [0, 0.05) is 25.7 Å². The Labute approximate surface area is 98.0 Å². The molecule has 0 aromatic heterocycles. The Bertz CT molecular complexity index is 251. The highest BCUT2D eigenvalue weighted by atomic mass is 16.2. The standard InChI is InChI=1S/C12H23N3O/c1-10-9-14(2)7-8-15(10)12(16)11-5-3-4-6-13-11/h10-11,13H,3-9H2,1-2H3. The summed E-state index contributed by atoms with van der Waals surface area (Å²) in [6, 6.07) is 0.439. The number of nitrogens with zero attached hydrogens (tertiary/aromatic N) is 2. The second kappa shape index (κ2) is 5.15. The topological polar surface area (TPSA) is 35.6 Å². The zero-order valence-electron chi connectivity index (χ0n) is 10.4. The molecule has 2 unspecified atom stereocenters. The number of hydrogen-bond acceptors (Lipinski definition) is 3. The minimum absolute atomic E-state index is 0.0830. The number of amides is 1. The molecule has 2 atom stereocenters. The predicted octanol–water partition coefficient (Wildman–Crippen LogP) is 0.291. The van der Waals surface area contributed by atoms with Crippen LogP contribution in [0.1, 0.15) is 26.2 Å². The van der Waals surface area contributed by atoms with Crippen LogP contribution >= 0.6 is 0 Å². The summed E-state index contributed by atoms with van der Waals surface area (Å²) in [6.45, 7) is 6.03. The molecule has 1 N–H and O–H groups in total. The number of carbonyl (C=O) groups is 1. The van der Waals surface area contributed by atoms with Crippen LogP contribution < -0.4 is 5.32 Å². The van der Waals surface area contributed by atoms with Crippen molar-refractivity contribution in [2.75, 3.05) is 33.2 Å². The van der Waals surface area contributed by atoms with Crippen LogP contribution in [-0.2, 0) is 4.79 Å². The van der Waals surface area contributed by atoms with E-state index >= 15 is 0 Å². The minimum atomic E-state index is 0.0830. The molecule has 0 aromatic rings. The Morgan fingerprint density at radius 3 is 2.75 bits per heavy atom. The molecular formula is C12H23N3O. The Hall–Kier alpha value is -0.610. The van der Waals surface area contributed by atoms with Gasteiger partial charge >= 0.3 is 0 Å². The van der Waals surface area contributed by atoms with Crippen LogP contribution in [0.5, 0.6) is 0 Å². The first kappa shape index (κ1) is 11.9. The second-order valence-corrected chi connectivity index (χ2v) is 5.15. The number of piperidine rings is 1. The predicted molar refractivity (Wildman–Crippen MR) is 64.3 cm³/mol. The zero-order chi connectivity index (χ0) is 11.5. The molecule has 4 nitrogen and oxygen atoms in total. The fourth-order valence-corrected chi connectivity index (χ4v) is 2.73. The van der Waals surface area contributed by atoms with Gasteiger partial charge in [-0.3, -0.25) is 4.79 Å². The van der Waals surface area contributed by atoms with Crippen molar-refractivity contribution in [2.24, 2.45) is 0 Å². The Kier molecular flexibility index (Phi) is 3.82. The van der Waals surface area contributed by atoms with E-state index in [1.807, 2.05) is 0 Å². The van der Waals surface area contributed by atoms with E-state index in [9.17, 15) is 4.79 Å². The van der Waals surface area contributed by atoms with Crippen LogP contribution in [0.4, 0.5) is 0 Å². The number of carbonyl (C=O) groups excluding carboxylic acids is 1. The Morgan fingerprint density at radius 2 is 2.12 bits per heavy atom. The summed E-state index contributed by atoms with van der Waals surface area (Å²) in [5.41, 5.74) is 0. The van der Waals surface area contributed by atoms with Crippen LogP contribution in [0.3, 0.4) is 0 Å². The normalized spacial score (nSPS) is 32.8. The molecule has 0 saturated carbocycles. The summed E-state index contributed by atoms with van der Waals surface area (Å²) in [6.07, 6.45) is 3.41. The first-order valence-electron chi connectivity index (χ1n) is 6.41. The second-order valence-electron chi connectivity index (χ2n) is 5.15. The number of piperazine rings is 1. The number of nitrogens with one attached hydrogen (secondary N) is 1. The molecule has 16 heavy (non-hydrogen) atoms. The Balaban J connectivity index is 1.92. The van der Waals surface area contributed by atoms with Crippen molar-refractivity contribution in [1.29, 1.82) is 0 Å². The van der Waals surface area contributed by atoms with E-state index in [1.54, 1.807) is 0 Å². The van der Waals surface area contributed by atoms with Crippen LogP contribution in [0, 0.1) is 0 Å². The van der Waals surface area contributed by atoms with Gasteiger partial charge in [0.25, 0.3) is 0 Å². The van der Waals surface area contributed by atoms with Crippen molar-refractivity contribution >= 4 is 5.91 Å². The maximum absolute atomic E-state index is 12.3. The molecule has 2 aliphatic heterocycles. The van der Waals surface area contributed by atoms with Crippen molar-refractivity contribution in [3.05, 3.63) is 0 Å². The lowest BCUT2D eigenvalue weighted by atomic mass is 10.0. The molecule has 1 amide bonds. The van der Waals surface area contributed by atoms with Gasteiger partial charge in [-0.2, -0.15) is 0 Å². The van der Waals surface area contributed by atoms with Gasteiger partial charge in [0.05, 0.1) is 6.04 Å². The van der Waals surface area contributed by atoms with Crippen LogP contribution in [0.25, 0.3) is 0 Å². The van der Waals surface area contributed by atoms with Crippen molar-refractivity contribution in [3.8, 4) is 0 Å². The molecule has 0 radical (unpaired) electrons. The van der Waals surface area contributed by atoms with Gasteiger partial charge in [-0.1, -0.05) is 6.42 Å². The molecule has 2 aliphatic rings. The number of rotatable bonds is 1. The molecular weight excluding hydrogens is 202 g/mol. The van der Waals surface area contributed by atoms with Crippen LogP contribution in [0.15, 0.2) is 0 Å². The van der Waals surface area contributed by atoms with Crippen LogP contribution in [0.2, 0.25) is 0 Å². The van der Waals surface area contributed by atoms with Crippen molar-refractivity contribution in [3.63, 3.8) is 0 Å². The largest absolute Gasteiger partial charge is 0.336 e. The number of hydrogen-bond donors (Lipinski definition) is 1. The lowest BCUT2D eigenvalue weighted by Crippen LogP contribution is -2.58. The van der Waals surface area contributed by atoms with Gasteiger partial charge in [-0.15, -0.1) is 0 Å². The zero-order valence-corrected chi connectivity index (χ0v) is 10.4. The first-order valence-corrected chi connectivity index (χ1v) is 6.41. The maximum atomic E-state index is 12.3. The van der Waals surface area contributed by atoms with E-state index in [-0.39, 0.29) is 6.04 Å². The highest BCUT2D eigenvalue weighted by Crippen LogP contribution is 2.14. The smallest absolute Gasteiger partial charge is 0.240 e. The van der Waals surface area contributed by atoms with Gasteiger partial charge in [-0.05, 0) is 33.4 Å². The van der Waals surface area contributed by atoms with Gasteiger partial charge < -0.3 is 15.1 Å².